The van der Waals surface area contributed by atoms with Gasteiger partial charge in [0.1, 0.15) is 0 Å². The van der Waals surface area contributed by atoms with Gasteiger partial charge in [0.25, 0.3) is 0 Å². The second-order valence-corrected chi connectivity index (χ2v) is 4.80. The summed E-state index contributed by atoms with van der Waals surface area (Å²) in [5, 5.41) is 9.88. The first-order valence-electron chi connectivity index (χ1n) is 4.96. The summed E-state index contributed by atoms with van der Waals surface area (Å²) >= 11 is 12.0. The van der Waals surface area contributed by atoms with Gasteiger partial charge in [0, 0.05) is 6.04 Å². The van der Waals surface area contributed by atoms with Crippen molar-refractivity contribution in [2.24, 2.45) is 11.7 Å². The molecule has 94 valence electrons. The van der Waals surface area contributed by atoms with E-state index in [2.05, 4.69) is 0 Å². The van der Waals surface area contributed by atoms with Gasteiger partial charge in [-0.3, -0.25) is 4.79 Å². The van der Waals surface area contributed by atoms with Gasteiger partial charge in [-0.25, -0.2) is 0 Å². The van der Waals surface area contributed by atoms with E-state index in [1.807, 2.05) is 6.07 Å². The maximum atomic E-state index is 11.0. The lowest BCUT2D eigenvalue weighted by Gasteiger charge is -2.28. The van der Waals surface area contributed by atoms with Crippen molar-refractivity contribution >= 4 is 41.6 Å². The van der Waals surface area contributed by atoms with Crippen LogP contribution >= 0.6 is 35.6 Å². The van der Waals surface area contributed by atoms with Gasteiger partial charge in [-0.2, -0.15) is 0 Å². The standard InChI is InChI=1S/C11H11Cl2NO2.ClH/c12-8-2-1-6-7(10(8)13)3-5(11(15)16)4-9(6)14;/h1-2,5,9H,3-4,14H2,(H,15,16);1H. The van der Waals surface area contributed by atoms with Crippen LogP contribution in [0.25, 0.3) is 0 Å². The summed E-state index contributed by atoms with van der Waals surface area (Å²) in [6.07, 6.45) is 0.845. The molecule has 2 unspecified atom stereocenters. The number of rotatable bonds is 1. The number of carbonyl (C=O) groups is 1. The van der Waals surface area contributed by atoms with E-state index in [1.165, 1.54) is 0 Å². The fourth-order valence-corrected chi connectivity index (χ4v) is 2.54. The predicted octanol–water partition coefficient (Wildman–Crippen LogP) is 3.06. The zero-order valence-electron chi connectivity index (χ0n) is 8.82. The maximum absolute atomic E-state index is 11.0. The van der Waals surface area contributed by atoms with Gasteiger partial charge in [0.15, 0.2) is 0 Å². The smallest absolute Gasteiger partial charge is 0.306 e. The Morgan fingerprint density at radius 3 is 2.65 bits per heavy atom. The van der Waals surface area contributed by atoms with Crippen molar-refractivity contribution in [2.75, 3.05) is 0 Å². The van der Waals surface area contributed by atoms with Crippen molar-refractivity contribution in [3.63, 3.8) is 0 Å². The van der Waals surface area contributed by atoms with E-state index in [0.29, 0.717) is 22.9 Å². The number of halogens is 3. The van der Waals surface area contributed by atoms with Crippen LogP contribution in [0.15, 0.2) is 12.1 Å². The Kier molecular flexibility index (Phi) is 4.67. The third-order valence-corrected chi connectivity index (χ3v) is 3.81. The zero-order valence-corrected chi connectivity index (χ0v) is 11.1. The first-order valence-corrected chi connectivity index (χ1v) is 5.71. The molecule has 0 saturated carbocycles. The van der Waals surface area contributed by atoms with Crippen LogP contribution in [0.2, 0.25) is 10.0 Å². The van der Waals surface area contributed by atoms with Crippen LogP contribution in [0.1, 0.15) is 23.6 Å². The fourth-order valence-electron chi connectivity index (χ4n) is 2.11. The highest BCUT2D eigenvalue weighted by molar-refractivity contribution is 6.42. The molecule has 6 heteroatoms. The van der Waals surface area contributed by atoms with Crippen molar-refractivity contribution in [1.29, 1.82) is 0 Å². The van der Waals surface area contributed by atoms with E-state index < -0.39 is 11.9 Å². The van der Waals surface area contributed by atoms with Crippen LogP contribution in [0.4, 0.5) is 0 Å². The molecule has 0 fully saturated rings. The third-order valence-electron chi connectivity index (χ3n) is 2.97. The topological polar surface area (TPSA) is 63.3 Å². The SMILES string of the molecule is Cl.NC1CC(C(=O)O)Cc2c1ccc(Cl)c2Cl. The number of carboxylic acids is 1. The molecule has 1 aromatic carbocycles. The molecule has 0 spiro atoms. The molecule has 2 rings (SSSR count). The van der Waals surface area contributed by atoms with Gasteiger partial charge in [-0.15, -0.1) is 12.4 Å². The average molecular weight is 297 g/mol. The van der Waals surface area contributed by atoms with Crippen LogP contribution in [-0.2, 0) is 11.2 Å². The minimum Gasteiger partial charge on any atom is -0.481 e. The van der Waals surface area contributed by atoms with Crippen LogP contribution in [0.3, 0.4) is 0 Å². The summed E-state index contributed by atoms with van der Waals surface area (Å²) in [6.45, 7) is 0. The molecule has 0 amide bonds. The summed E-state index contributed by atoms with van der Waals surface area (Å²) in [6, 6.07) is 3.25. The maximum Gasteiger partial charge on any atom is 0.306 e. The molecule has 0 bridgehead atoms. The van der Waals surface area contributed by atoms with E-state index in [4.69, 9.17) is 34.0 Å². The van der Waals surface area contributed by atoms with Gasteiger partial charge >= 0.3 is 5.97 Å². The molecular formula is C11H12Cl3NO2. The van der Waals surface area contributed by atoms with Crippen LogP contribution in [0, 0.1) is 5.92 Å². The number of fused-ring (bicyclic) bond motifs is 1. The number of hydrogen-bond donors (Lipinski definition) is 2. The number of benzene rings is 1. The first-order chi connectivity index (χ1) is 7.50. The first kappa shape index (κ1) is 14.6. The fraction of sp³-hybridized carbons (Fsp3) is 0.364. The summed E-state index contributed by atoms with van der Waals surface area (Å²) in [7, 11) is 0. The lowest BCUT2D eigenvalue weighted by atomic mass is 9.81. The van der Waals surface area contributed by atoms with E-state index in [0.717, 1.165) is 11.1 Å². The lowest BCUT2D eigenvalue weighted by Crippen LogP contribution is -2.29. The Bertz CT molecular complexity index is 451. The number of hydrogen-bond acceptors (Lipinski definition) is 2. The molecule has 3 N–H and O–H groups in total. The summed E-state index contributed by atoms with van der Waals surface area (Å²) in [5.74, 6) is -1.31. The van der Waals surface area contributed by atoms with E-state index in [-0.39, 0.29) is 18.4 Å². The quantitative estimate of drug-likeness (QED) is 0.837. The minimum atomic E-state index is -0.836. The Hall–Kier alpha value is -0.480. The second-order valence-electron chi connectivity index (χ2n) is 4.01. The highest BCUT2D eigenvalue weighted by Crippen LogP contribution is 2.38. The molecular weight excluding hydrogens is 284 g/mol. The Morgan fingerprint density at radius 2 is 2.06 bits per heavy atom. The van der Waals surface area contributed by atoms with Gasteiger partial charge in [0.05, 0.1) is 16.0 Å². The van der Waals surface area contributed by atoms with Crippen LogP contribution in [-0.4, -0.2) is 11.1 Å². The van der Waals surface area contributed by atoms with Gasteiger partial charge in [-0.05, 0) is 30.0 Å². The summed E-state index contributed by atoms with van der Waals surface area (Å²) in [5.41, 5.74) is 7.62. The highest BCUT2D eigenvalue weighted by Gasteiger charge is 2.30. The normalized spacial score (nSPS) is 22.5. The van der Waals surface area contributed by atoms with Gasteiger partial charge in [0.2, 0.25) is 0 Å². The Morgan fingerprint density at radius 1 is 1.41 bits per heavy atom. The molecule has 0 heterocycles. The van der Waals surface area contributed by atoms with Gasteiger partial charge in [-0.1, -0.05) is 29.3 Å². The largest absolute Gasteiger partial charge is 0.481 e. The van der Waals surface area contributed by atoms with Gasteiger partial charge < -0.3 is 10.8 Å². The Labute approximate surface area is 115 Å². The van der Waals surface area contributed by atoms with Crippen molar-refractivity contribution < 1.29 is 9.90 Å². The van der Waals surface area contributed by atoms with Crippen molar-refractivity contribution in [3.05, 3.63) is 33.3 Å². The Balaban J connectivity index is 0.00000144. The van der Waals surface area contributed by atoms with Crippen molar-refractivity contribution in [3.8, 4) is 0 Å². The number of nitrogens with two attached hydrogens (primary N) is 1. The molecule has 0 saturated heterocycles. The molecule has 1 aliphatic carbocycles. The number of aliphatic carboxylic acids is 1. The van der Waals surface area contributed by atoms with Crippen molar-refractivity contribution in [1.82, 2.24) is 0 Å². The molecule has 2 atom stereocenters. The highest BCUT2D eigenvalue weighted by atomic mass is 35.5. The lowest BCUT2D eigenvalue weighted by molar-refractivity contribution is -0.142. The van der Waals surface area contributed by atoms with Crippen LogP contribution < -0.4 is 5.73 Å². The summed E-state index contributed by atoms with van der Waals surface area (Å²) < 4.78 is 0. The molecule has 1 aliphatic rings. The minimum absolute atomic E-state index is 0. The van der Waals surface area contributed by atoms with Crippen LogP contribution in [0.5, 0.6) is 0 Å². The predicted molar refractivity (Wildman–Crippen MR) is 70.1 cm³/mol. The molecule has 0 aromatic heterocycles. The van der Waals surface area contributed by atoms with E-state index in [1.54, 1.807) is 6.07 Å². The number of carboxylic acid groups (broad SMARTS) is 1. The third kappa shape index (κ3) is 2.68. The second kappa shape index (κ2) is 5.44. The van der Waals surface area contributed by atoms with Crippen molar-refractivity contribution in [2.45, 2.75) is 18.9 Å². The zero-order chi connectivity index (χ0) is 11.9. The molecule has 17 heavy (non-hydrogen) atoms. The van der Waals surface area contributed by atoms with E-state index in [9.17, 15) is 4.79 Å². The molecule has 3 nitrogen and oxygen atoms in total. The molecule has 0 radical (unpaired) electrons. The molecule has 0 aliphatic heterocycles. The molecule has 1 aromatic rings. The monoisotopic (exact) mass is 295 g/mol. The summed E-state index contributed by atoms with van der Waals surface area (Å²) in [4.78, 5) is 11.0. The van der Waals surface area contributed by atoms with E-state index >= 15 is 0 Å². The average Bonchev–Trinajstić information content (AvgIpc) is 2.23.